The van der Waals surface area contributed by atoms with Crippen LogP contribution in [0.5, 0.6) is 0 Å². The summed E-state index contributed by atoms with van der Waals surface area (Å²) in [6.07, 6.45) is 3.40. The predicted molar refractivity (Wildman–Crippen MR) is 84.5 cm³/mol. The van der Waals surface area contributed by atoms with Crippen molar-refractivity contribution in [3.8, 4) is 0 Å². The number of nitrogens with one attached hydrogen (secondary N) is 1. The van der Waals surface area contributed by atoms with Crippen LogP contribution in [0.15, 0.2) is 18.2 Å². The quantitative estimate of drug-likeness (QED) is 0.933. The zero-order valence-corrected chi connectivity index (χ0v) is 13.0. The molecular weight excluding hydrogens is 270 g/mol. The third kappa shape index (κ3) is 2.33. The van der Waals surface area contributed by atoms with E-state index < -0.39 is 0 Å². The number of aryl methyl sites for hydroxylation is 1. The van der Waals surface area contributed by atoms with Gasteiger partial charge in [-0.05, 0) is 50.6 Å². The summed E-state index contributed by atoms with van der Waals surface area (Å²) in [5, 5.41) is 4.23. The Morgan fingerprint density at radius 1 is 1.35 bits per heavy atom. The van der Waals surface area contributed by atoms with Gasteiger partial charge in [0.2, 0.25) is 0 Å². The number of nitrogens with zero attached hydrogens (tertiary/aromatic N) is 2. The molecule has 0 unspecified atom stereocenters. The standard InChI is InChI=1S/C16H22ClN3/c1-3-10-20-14-11-12(17)4-5-13(14)19-15(20)16(2)6-8-18-9-7-16/h4-5,11,18H,3,6-10H2,1-2H3. The zero-order chi connectivity index (χ0) is 14.2. The molecule has 2 aromatic rings. The van der Waals surface area contributed by atoms with Crippen molar-refractivity contribution in [1.82, 2.24) is 14.9 Å². The molecule has 0 radical (unpaired) electrons. The summed E-state index contributed by atoms with van der Waals surface area (Å²) < 4.78 is 2.38. The number of fused-ring (bicyclic) bond motifs is 1. The largest absolute Gasteiger partial charge is 0.327 e. The van der Waals surface area contributed by atoms with Crippen molar-refractivity contribution in [1.29, 1.82) is 0 Å². The molecule has 0 spiro atoms. The fourth-order valence-electron chi connectivity index (χ4n) is 3.21. The maximum atomic E-state index is 6.17. The van der Waals surface area contributed by atoms with Gasteiger partial charge >= 0.3 is 0 Å². The average Bonchev–Trinajstić information content (AvgIpc) is 2.79. The highest BCUT2D eigenvalue weighted by molar-refractivity contribution is 6.31. The number of hydrogen-bond donors (Lipinski definition) is 1. The SMILES string of the molecule is CCCn1c(C2(C)CCNCC2)nc2ccc(Cl)cc21. The van der Waals surface area contributed by atoms with E-state index in [-0.39, 0.29) is 5.41 Å². The lowest BCUT2D eigenvalue weighted by molar-refractivity contribution is 0.309. The zero-order valence-electron chi connectivity index (χ0n) is 12.2. The van der Waals surface area contributed by atoms with Crippen LogP contribution < -0.4 is 5.32 Å². The van der Waals surface area contributed by atoms with Gasteiger partial charge in [0.15, 0.2) is 0 Å². The Morgan fingerprint density at radius 2 is 2.10 bits per heavy atom. The highest BCUT2D eigenvalue weighted by Gasteiger charge is 2.33. The summed E-state index contributed by atoms with van der Waals surface area (Å²) in [4.78, 5) is 4.94. The Kier molecular flexibility index (Phi) is 3.74. The first-order valence-corrected chi connectivity index (χ1v) is 7.89. The van der Waals surface area contributed by atoms with Crippen LogP contribution in [0.3, 0.4) is 0 Å². The van der Waals surface area contributed by atoms with Gasteiger partial charge in [-0.3, -0.25) is 0 Å². The molecule has 3 nitrogen and oxygen atoms in total. The average molecular weight is 292 g/mol. The minimum Gasteiger partial charge on any atom is -0.327 e. The molecule has 4 heteroatoms. The number of aromatic nitrogens is 2. The monoisotopic (exact) mass is 291 g/mol. The van der Waals surface area contributed by atoms with Crippen LogP contribution in [0.4, 0.5) is 0 Å². The van der Waals surface area contributed by atoms with Gasteiger partial charge in [0.05, 0.1) is 11.0 Å². The first-order chi connectivity index (χ1) is 9.64. The number of rotatable bonds is 3. The molecule has 2 heterocycles. The molecule has 1 aromatic carbocycles. The Bertz CT molecular complexity index is 611. The summed E-state index contributed by atoms with van der Waals surface area (Å²) in [5.41, 5.74) is 2.41. The maximum absolute atomic E-state index is 6.17. The molecule has 1 aromatic heterocycles. The Hall–Kier alpha value is -1.06. The second-order valence-electron chi connectivity index (χ2n) is 6.03. The molecule has 0 bridgehead atoms. The molecule has 0 atom stereocenters. The Balaban J connectivity index is 2.15. The van der Waals surface area contributed by atoms with Gasteiger partial charge in [-0.1, -0.05) is 25.4 Å². The first-order valence-electron chi connectivity index (χ1n) is 7.51. The third-order valence-corrected chi connectivity index (χ3v) is 4.64. The molecule has 1 N–H and O–H groups in total. The second-order valence-corrected chi connectivity index (χ2v) is 6.47. The number of piperidine rings is 1. The van der Waals surface area contributed by atoms with Crippen LogP contribution in [0, 0.1) is 0 Å². The van der Waals surface area contributed by atoms with Crippen molar-refractivity contribution in [2.24, 2.45) is 0 Å². The van der Waals surface area contributed by atoms with Crippen LogP contribution in [-0.2, 0) is 12.0 Å². The molecule has 1 aliphatic rings. The smallest absolute Gasteiger partial charge is 0.115 e. The minimum absolute atomic E-state index is 0.173. The summed E-state index contributed by atoms with van der Waals surface area (Å²) >= 11 is 6.17. The van der Waals surface area contributed by atoms with E-state index in [1.807, 2.05) is 18.2 Å². The lowest BCUT2D eigenvalue weighted by atomic mass is 9.80. The van der Waals surface area contributed by atoms with Crippen LogP contribution >= 0.6 is 11.6 Å². The summed E-state index contributed by atoms with van der Waals surface area (Å²) in [6.45, 7) is 7.72. The summed E-state index contributed by atoms with van der Waals surface area (Å²) in [5.74, 6) is 1.23. The van der Waals surface area contributed by atoms with E-state index >= 15 is 0 Å². The molecule has 0 amide bonds. The van der Waals surface area contributed by atoms with Crippen molar-refractivity contribution in [2.75, 3.05) is 13.1 Å². The fourth-order valence-corrected chi connectivity index (χ4v) is 3.38. The molecule has 0 saturated carbocycles. The predicted octanol–water partition coefficient (Wildman–Crippen LogP) is 3.74. The van der Waals surface area contributed by atoms with E-state index in [2.05, 4.69) is 23.7 Å². The summed E-state index contributed by atoms with van der Waals surface area (Å²) in [6, 6.07) is 6.02. The number of hydrogen-bond acceptors (Lipinski definition) is 2. The lowest BCUT2D eigenvalue weighted by Crippen LogP contribution is -2.39. The van der Waals surface area contributed by atoms with Crippen LogP contribution in [-0.4, -0.2) is 22.6 Å². The molecule has 3 rings (SSSR count). The van der Waals surface area contributed by atoms with E-state index in [1.54, 1.807) is 0 Å². The van der Waals surface area contributed by atoms with Gasteiger partial charge in [0.25, 0.3) is 0 Å². The van der Waals surface area contributed by atoms with E-state index in [9.17, 15) is 0 Å². The van der Waals surface area contributed by atoms with Gasteiger partial charge in [-0.15, -0.1) is 0 Å². The molecule has 1 saturated heterocycles. The van der Waals surface area contributed by atoms with Gasteiger partial charge in [-0.25, -0.2) is 4.98 Å². The van der Waals surface area contributed by atoms with Gasteiger partial charge < -0.3 is 9.88 Å². The highest BCUT2D eigenvalue weighted by Crippen LogP contribution is 2.35. The third-order valence-electron chi connectivity index (χ3n) is 4.40. The van der Waals surface area contributed by atoms with Crippen molar-refractivity contribution in [3.63, 3.8) is 0 Å². The van der Waals surface area contributed by atoms with Crippen molar-refractivity contribution < 1.29 is 0 Å². The molecule has 108 valence electrons. The molecular formula is C16H22ClN3. The number of benzene rings is 1. The van der Waals surface area contributed by atoms with Crippen LogP contribution in [0.1, 0.15) is 38.9 Å². The number of imidazole rings is 1. The van der Waals surface area contributed by atoms with Crippen LogP contribution in [0.2, 0.25) is 5.02 Å². The topological polar surface area (TPSA) is 29.9 Å². The Labute approximate surface area is 125 Å². The lowest BCUT2D eigenvalue weighted by Gasteiger charge is -2.34. The fraction of sp³-hybridized carbons (Fsp3) is 0.562. The van der Waals surface area contributed by atoms with Crippen molar-refractivity contribution in [3.05, 3.63) is 29.0 Å². The molecule has 1 fully saturated rings. The molecule has 20 heavy (non-hydrogen) atoms. The van der Waals surface area contributed by atoms with Crippen molar-refractivity contribution in [2.45, 2.75) is 45.1 Å². The second kappa shape index (κ2) is 5.38. The van der Waals surface area contributed by atoms with E-state index in [0.717, 1.165) is 49.4 Å². The van der Waals surface area contributed by atoms with E-state index in [1.165, 1.54) is 11.3 Å². The van der Waals surface area contributed by atoms with Gasteiger partial charge in [0, 0.05) is 17.0 Å². The first kappa shape index (κ1) is 13.9. The van der Waals surface area contributed by atoms with E-state index in [4.69, 9.17) is 16.6 Å². The van der Waals surface area contributed by atoms with E-state index in [0.29, 0.717) is 0 Å². The Morgan fingerprint density at radius 3 is 2.80 bits per heavy atom. The minimum atomic E-state index is 0.173. The van der Waals surface area contributed by atoms with Crippen LogP contribution in [0.25, 0.3) is 11.0 Å². The summed E-state index contributed by atoms with van der Waals surface area (Å²) in [7, 11) is 0. The highest BCUT2D eigenvalue weighted by atomic mass is 35.5. The number of halogens is 1. The normalized spacial score (nSPS) is 18.6. The molecule has 0 aliphatic carbocycles. The maximum Gasteiger partial charge on any atom is 0.115 e. The van der Waals surface area contributed by atoms with Gasteiger partial charge in [0.1, 0.15) is 5.82 Å². The van der Waals surface area contributed by atoms with Gasteiger partial charge in [-0.2, -0.15) is 0 Å². The van der Waals surface area contributed by atoms with Crippen molar-refractivity contribution >= 4 is 22.6 Å². The molecule has 1 aliphatic heterocycles.